The molecule has 3 rings (SSSR count). The standard InChI is InChI=1S/C10H15ClO4S/c11-16(12,13)7-9-5-8(9)6-15-10(9)1-3-14-4-2-10/h8H,1-7H2. The number of ether oxygens (including phenoxy) is 2. The van der Waals surface area contributed by atoms with E-state index in [1.54, 1.807) is 0 Å². The van der Waals surface area contributed by atoms with Crippen LogP contribution in [0.2, 0.25) is 0 Å². The van der Waals surface area contributed by atoms with Crippen molar-refractivity contribution in [3.05, 3.63) is 0 Å². The van der Waals surface area contributed by atoms with Crippen LogP contribution < -0.4 is 0 Å². The lowest BCUT2D eigenvalue weighted by Crippen LogP contribution is -2.46. The minimum absolute atomic E-state index is 0.0617. The third-order valence-corrected chi connectivity index (χ3v) is 5.62. The van der Waals surface area contributed by atoms with E-state index in [1.165, 1.54) is 0 Å². The predicted octanol–water partition coefficient (Wildman–Crippen LogP) is 1.14. The molecule has 0 bridgehead atoms. The highest BCUT2D eigenvalue weighted by Gasteiger charge is 2.72. The molecule has 0 N–H and O–H groups in total. The van der Waals surface area contributed by atoms with Gasteiger partial charge in [0.2, 0.25) is 9.05 Å². The quantitative estimate of drug-likeness (QED) is 0.704. The Balaban J connectivity index is 1.89. The van der Waals surface area contributed by atoms with Gasteiger partial charge in [-0.2, -0.15) is 0 Å². The molecule has 16 heavy (non-hydrogen) atoms. The minimum atomic E-state index is -3.45. The molecule has 6 heteroatoms. The van der Waals surface area contributed by atoms with Crippen molar-refractivity contribution in [3.63, 3.8) is 0 Å². The van der Waals surface area contributed by atoms with E-state index in [-0.39, 0.29) is 16.8 Å². The van der Waals surface area contributed by atoms with Crippen LogP contribution in [0.4, 0.5) is 0 Å². The average molecular weight is 267 g/mol. The van der Waals surface area contributed by atoms with Crippen LogP contribution in [-0.2, 0) is 18.5 Å². The number of hydrogen-bond donors (Lipinski definition) is 0. The van der Waals surface area contributed by atoms with Crippen LogP contribution in [0.15, 0.2) is 0 Å². The largest absolute Gasteiger partial charge is 0.381 e. The SMILES string of the molecule is O=S(=O)(Cl)CC12CC1COC21CCOCC1. The Bertz CT molecular complexity index is 401. The van der Waals surface area contributed by atoms with Crippen molar-refractivity contribution >= 4 is 19.7 Å². The van der Waals surface area contributed by atoms with Crippen LogP contribution in [-0.4, -0.2) is 39.6 Å². The molecule has 4 nitrogen and oxygen atoms in total. The van der Waals surface area contributed by atoms with Gasteiger partial charge < -0.3 is 9.47 Å². The smallest absolute Gasteiger partial charge is 0.233 e. The molecule has 1 saturated carbocycles. The Labute approximate surface area is 99.7 Å². The maximum atomic E-state index is 11.3. The van der Waals surface area contributed by atoms with Gasteiger partial charge in [-0.3, -0.25) is 0 Å². The highest BCUT2D eigenvalue weighted by Crippen LogP contribution is 2.68. The molecule has 0 aromatic heterocycles. The van der Waals surface area contributed by atoms with Crippen LogP contribution in [0.3, 0.4) is 0 Å². The average Bonchev–Trinajstić information content (AvgIpc) is 2.82. The normalized spacial score (nSPS) is 40.9. The molecule has 1 spiro atoms. The van der Waals surface area contributed by atoms with Gasteiger partial charge in [0.1, 0.15) is 0 Å². The Morgan fingerprint density at radius 3 is 2.56 bits per heavy atom. The van der Waals surface area contributed by atoms with Gasteiger partial charge in [0.05, 0.1) is 18.0 Å². The molecule has 0 amide bonds. The van der Waals surface area contributed by atoms with Crippen LogP contribution in [0.1, 0.15) is 19.3 Å². The summed E-state index contributed by atoms with van der Waals surface area (Å²) in [6, 6.07) is 0. The Morgan fingerprint density at radius 1 is 1.31 bits per heavy atom. The maximum absolute atomic E-state index is 11.3. The summed E-state index contributed by atoms with van der Waals surface area (Å²) in [5, 5.41) is 0. The number of halogens is 1. The van der Waals surface area contributed by atoms with Crippen molar-refractivity contribution < 1.29 is 17.9 Å². The first-order chi connectivity index (χ1) is 7.48. The Kier molecular flexibility index (Phi) is 2.35. The van der Waals surface area contributed by atoms with Crippen molar-refractivity contribution in [2.24, 2.45) is 11.3 Å². The zero-order chi connectivity index (χ0) is 11.4. The van der Waals surface area contributed by atoms with Crippen LogP contribution in [0, 0.1) is 11.3 Å². The van der Waals surface area contributed by atoms with Gasteiger partial charge >= 0.3 is 0 Å². The molecule has 2 unspecified atom stereocenters. The van der Waals surface area contributed by atoms with Gasteiger partial charge in [-0.25, -0.2) is 8.42 Å². The summed E-state index contributed by atoms with van der Waals surface area (Å²) in [6.07, 6.45) is 2.55. The Morgan fingerprint density at radius 2 is 2.00 bits per heavy atom. The highest BCUT2D eigenvalue weighted by atomic mass is 35.7. The van der Waals surface area contributed by atoms with Crippen molar-refractivity contribution in [2.75, 3.05) is 25.6 Å². The monoisotopic (exact) mass is 266 g/mol. The highest BCUT2D eigenvalue weighted by molar-refractivity contribution is 8.13. The fourth-order valence-electron chi connectivity index (χ4n) is 3.52. The second-order valence-electron chi connectivity index (χ2n) is 5.16. The number of fused-ring (bicyclic) bond motifs is 2. The van der Waals surface area contributed by atoms with Gasteiger partial charge in [-0.05, 0) is 12.3 Å². The Hall–Kier alpha value is 0.160. The van der Waals surface area contributed by atoms with Crippen molar-refractivity contribution in [1.29, 1.82) is 0 Å². The molecular formula is C10H15ClO4S. The van der Waals surface area contributed by atoms with Gasteiger partial charge in [0.15, 0.2) is 0 Å². The summed E-state index contributed by atoms with van der Waals surface area (Å²) < 4.78 is 33.9. The van der Waals surface area contributed by atoms with Crippen molar-refractivity contribution in [1.82, 2.24) is 0 Å². The van der Waals surface area contributed by atoms with E-state index < -0.39 is 9.05 Å². The van der Waals surface area contributed by atoms with Crippen LogP contribution >= 0.6 is 10.7 Å². The molecule has 3 aliphatic rings. The summed E-state index contributed by atoms with van der Waals surface area (Å²) in [5.41, 5.74) is -0.491. The number of hydrogen-bond acceptors (Lipinski definition) is 4. The molecule has 0 aromatic rings. The first-order valence-electron chi connectivity index (χ1n) is 5.62. The first-order valence-corrected chi connectivity index (χ1v) is 8.09. The molecule has 2 heterocycles. The van der Waals surface area contributed by atoms with E-state index in [9.17, 15) is 8.42 Å². The van der Waals surface area contributed by atoms with E-state index in [2.05, 4.69) is 0 Å². The summed E-state index contributed by atoms with van der Waals surface area (Å²) >= 11 is 0. The molecule has 0 aromatic carbocycles. The van der Waals surface area contributed by atoms with E-state index >= 15 is 0 Å². The fraction of sp³-hybridized carbons (Fsp3) is 1.00. The zero-order valence-electron chi connectivity index (χ0n) is 8.95. The van der Waals surface area contributed by atoms with Gasteiger partial charge in [0.25, 0.3) is 0 Å². The second-order valence-corrected chi connectivity index (χ2v) is 7.93. The van der Waals surface area contributed by atoms with Gasteiger partial charge in [-0.15, -0.1) is 0 Å². The second kappa shape index (κ2) is 3.34. The molecule has 1 aliphatic carbocycles. The minimum Gasteiger partial charge on any atom is -0.381 e. The maximum Gasteiger partial charge on any atom is 0.233 e. The lowest BCUT2D eigenvalue weighted by atomic mass is 9.79. The summed E-state index contributed by atoms with van der Waals surface area (Å²) in [5.74, 6) is 0.450. The van der Waals surface area contributed by atoms with Crippen LogP contribution in [0.5, 0.6) is 0 Å². The third-order valence-electron chi connectivity index (χ3n) is 4.43. The molecule has 2 aliphatic heterocycles. The van der Waals surface area contributed by atoms with E-state index in [1.807, 2.05) is 0 Å². The first kappa shape index (κ1) is 11.3. The van der Waals surface area contributed by atoms with Crippen molar-refractivity contribution in [3.8, 4) is 0 Å². The third kappa shape index (κ3) is 1.52. The lowest BCUT2D eigenvalue weighted by molar-refractivity contribution is -0.116. The molecule has 0 radical (unpaired) electrons. The lowest BCUT2D eigenvalue weighted by Gasteiger charge is -2.40. The van der Waals surface area contributed by atoms with Gasteiger partial charge in [0, 0.05) is 42.2 Å². The van der Waals surface area contributed by atoms with Gasteiger partial charge in [-0.1, -0.05) is 0 Å². The molecular weight excluding hydrogens is 252 g/mol. The summed E-state index contributed by atoms with van der Waals surface area (Å²) in [6.45, 7) is 2.01. The van der Waals surface area contributed by atoms with Crippen LogP contribution in [0.25, 0.3) is 0 Å². The fourth-order valence-corrected chi connectivity index (χ4v) is 5.34. The van der Waals surface area contributed by atoms with E-state index in [0.29, 0.717) is 25.7 Å². The molecule has 2 atom stereocenters. The molecule has 92 valence electrons. The summed E-state index contributed by atoms with van der Waals surface area (Å²) in [7, 11) is 1.97. The molecule has 2 saturated heterocycles. The van der Waals surface area contributed by atoms with E-state index in [4.69, 9.17) is 20.2 Å². The molecule has 3 fully saturated rings. The topological polar surface area (TPSA) is 52.6 Å². The van der Waals surface area contributed by atoms with Crippen molar-refractivity contribution in [2.45, 2.75) is 24.9 Å². The number of rotatable bonds is 2. The summed E-state index contributed by atoms with van der Waals surface area (Å²) in [4.78, 5) is 0. The predicted molar refractivity (Wildman–Crippen MR) is 58.9 cm³/mol. The van der Waals surface area contributed by atoms with E-state index in [0.717, 1.165) is 19.3 Å². The zero-order valence-corrected chi connectivity index (χ0v) is 10.5.